The standard InChI is InChI=1S/C16H19BrN4O2/c1-22-14-5-13(6-15(7-14)23-2)21-4-3-12(10-21)20-16-18-8-11(17)9-19-16/h5-9,12H,3-4,10H2,1-2H3,(H,18,19,20). The smallest absolute Gasteiger partial charge is 0.222 e. The molecule has 0 spiro atoms. The molecule has 6 nitrogen and oxygen atoms in total. The largest absolute Gasteiger partial charge is 0.497 e. The van der Waals surface area contributed by atoms with Crippen molar-refractivity contribution in [3.05, 3.63) is 35.1 Å². The van der Waals surface area contributed by atoms with Gasteiger partial charge in [-0.1, -0.05) is 0 Å². The van der Waals surface area contributed by atoms with E-state index in [2.05, 4.69) is 36.1 Å². The van der Waals surface area contributed by atoms with E-state index in [0.29, 0.717) is 12.0 Å². The molecule has 1 N–H and O–H groups in total. The third-order valence-corrected chi connectivity index (χ3v) is 4.25. The predicted octanol–water partition coefficient (Wildman–Crippen LogP) is 2.95. The Kier molecular flexibility index (Phi) is 4.85. The quantitative estimate of drug-likeness (QED) is 0.862. The summed E-state index contributed by atoms with van der Waals surface area (Å²) in [5.74, 6) is 2.25. The van der Waals surface area contributed by atoms with Crippen LogP contribution in [0.3, 0.4) is 0 Å². The molecule has 1 atom stereocenters. The molecule has 1 aromatic carbocycles. The maximum Gasteiger partial charge on any atom is 0.222 e. The lowest BCUT2D eigenvalue weighted by molar-refractivity contribution is 0.394. The van der Waals surface area contributed by atoms with E-state index in [4.69, 9.17) is 9.47 Å². The third-order valence-electron chi connectivity index (χ3n) is 3.84. The Morgan fingerprint density at radius 1 is 1.13 bits per heavy atom. The second kappa shape index (κ2) is 7.04. The summed E-state index contributed by atoms with van der Waals surface area (Å²) in [6, 6.07) is 6.25. The summed E-state index contributed by atoms with van der Waals surface area (Å²) < 4.78 is 11.6. The zero-order chi connectivity index (χ0) is 16.2. The van der Waals surface area contributed by atoms with Gasteiger partial charge in [0.2, 0.25) is 5.95 Å². The molecule has 3 rings (SSSR count). The molecular weight excluding hydrogens is 360 g/mol. The van der Waals surface area contributed by atoms with Gasteiger partial charge in [-0.05, 0) is 22.4 Å². The summed E-state index contributed by atoms with van der Waals surface area (Å²) in [4.78, 5) is 10.8. The van der Waals surface area contributed by atoms with Gasteiger partial charge in [-0.15, -0.1) is 0 Å². The zero-order valence-corrected chi connectivity index (χ0v) is 14.7. The lowest BCUT2D eigenvalue weighted by atomic mass is 10.2. The normalized spacial score (nSPS) is 17.2. The Balaban J connectivity index is 1.68. The first-order valence-corrected chi connectivity index (χ1v) is 8.19. The van der Waals surface area contributed by atoms with Crippen LogP contribution in [0.2, 0.25) is 0 Å². The van der Waals surface area contributed by atoms with E-state index in [1.807, 2.05) is 18.2 Å². The molecule has 1 aliphatic rings. The summed E-state index contributed by atoms with van der Waals surface area (Å²) in [7, 11) is 3.33. The molecule has 23 heavy (non-hydrogen) atoms. The molecule has 0 aliphatic carbocycles. The number of anilines is 2. The van der Waals surface area contributed by atoms with Gasteiger partial charge in [0.1, 0.15) is 11.5 Å². The predicted molar refractivity (Wildman–Crippen MR) is 93.5 cm³/mol. The molecule has 7 heteroatoms. The van der Waals surface area contributed by atoms with Crippen molar-refractivity contribution < 1.29 is 9.47 Å². The molecule has 1 saturated heterocycles. The fraction of sp³-hybridized carbons (Fsp3) is 0.375. The first-order valence-electron chi connectivity index (χ1n) is 7.40. The van der Waals surface area contributed by atoms with Gasteiger partial charge in [-0.3, -0.25) is 0 Å². The van der Waals surface area contributed by atoms with Crippen LogP contribution in [0.25, 0.3) is 0 Å². The van der Waals surface area contributed by atoms with Gasteiger partial charge in [0.15, 0.2) is 0 Å². The van der Waals surface area contributed by atoms with E-state index in [0.717, 1.165) is 41.2 Å². The van der Waals surface area contributed by atoms with Gasteiger partial charge < -0.3 is 19.7 Å². The van der Waals surface area contributed by atoms with Crippen LogP contribution in [0.1, 0.15) is 6.42 Å². The summed E-state index contributed by atoms with van der Waals surface area (Å²) in [6.07, 6.45) is 4.52. The van der Waals surface area contributed by atoms with Gasteiger partial charge in [0.05, 0.1) is 18.7 Å². The van der Waals surface area contributed by atoms with Crippen molar-refractivity contribution in [2.24, 2.45) is 0 Å². The number of nitrogens with zero attached hydrogens (tertiary/aromatic N) is 3. The van der Waals surface area contributed by atoms with Crippen molar-refractivity contribution in [1.82, 2.24) is 9.97 Å². The van der Waals surface area contributed by atoms with Gasteiger partial charge in [-0.25, -0.2) is 9.97 Å². The van der Waals surface area contributed by atoms with E-state index in [-0.39, 0.29) is 0 Å². The van der Waals surface area contributed by atoms with E-state index in [9.17, 15) is 0 Å². The second-order valence-electron chi connectivity index (χ2n) is 5.37. The van der Waals surface area contributed by atoms with Crippen LogP contribution in [-0.4, -0.2) is 43.3 Å². The van der Waals surface area contributed by atoms with Crippen LogP contribution in [0.4, 0.5) is 11.6 Å². The average Bonchev–Trinajstić information content (AvgIpc) is 3.05. The molecule has 2 heterocycles. The molecule has 0 radical (unpaired) electrons. The molecule has 2 aromatic rings. The van der Waals surface area contributed by atoms with E-state index in [1.54, 1.807) is 26.6 Å². The SMILES string of the molecule is COc1cc(OC)cc(N2CCC(Nc3ncc(Br)cn3)C2)c1. The number of aromatic nitrogens is 2. The van der Waals surface area contributed by atoms with E-state index >= 15 is 0 Å². The molecule has 1 aliphatic heterocycles. The van der Waals surface area contributed by atoms with Crippen LogP contribution in [0, 0.1) is 0 Å². The van der Waals surface area contributed by atoms with Gasteiger partial charge in [0, 0.05) is 55.4 Å². The van der Waals surface area contributed by atoms with Crippen LogP contribution in [-0.2, 0) is 0 Å². The monoisotopic (exact) mass is 378 g/mol. The minimum Gasteiger partial charge on any atom is -0.497 e. The second-order valence-corrected chi connectivity index (χ2v) is 6.29. The van der Waals surface area contributed by atoms with Crippen LogP contribution in [0.15, 0.2) is 35.1 Å². The summed E-state index contributed by atoms with van der Waals surface area (Å²) in [6.45, 7) is 1.85. The van der Waals surface area contributed by atoms with Gasteiger partial charge in [0.25, 0.3) is 0 Å². The summed E-state index contributed by atoms with van der Waals surface area (Å²) in [5.41, 5.74) is 1.10. The number of rotatable bonds is 5. The summed E-state index contributed by atoms with van der Waals surface area (Å²) in [5, 5.41) is 3.38. The van der Waals surface area contributed by atoms with E-state index < -0.39 is 0 Å². The Labute approximate surface area is 144 Å². The van der Waals surface area contributed by atoms with Crippen molar-refractivity contribution in [2.45, 2.75) is 12.5 Å². The number of ether oxygens (including phenoxy) is 2. The van der Waals surface area contributed by atoms with Crippen molar-refractivity contribution in [3.63, 3.8) is 0 Å². The zero-order valence-electron chi connectivity index (χ0n) is 13.1. The van der Waals surface area contributed by atoms with Crippen molar-refractivity contribution >= 4 is 27.6 Å². The Morgan fingerprint density at radius 2 is 1.78 bits per heavy atom. The highest BCUT2D eigenvalue weighted by molar-refractivity contribution is 9.10. The van der Waals surface area contributed by atoms with Crippen LogP contribution in [0.5, 0.6) is 11.5 Å². The topological polar surface area (TPSA) is 59.5 Å². The molecule has 0 bridgehead atoms. The molecule has 1 fully saturated rings. The Morgan fingerprint density at radius 3 is 2.39 bits per heavy atom. The lowest BCUT2D eigenvalue weighted by Crippen LogP contribution is -2.26. The summed E-state index contributed by atoms with van der Waals surface area (Å²) >= 11 is 3.34. The molecule has 1 unspecified atom stereocenters. The first-order chi connectivity index (χ1) is 11.2. The minimum atomic E-state index is 0.313. The highest BCUT2D eigenvalue weighted by Gasteiger charge is 2.24. The molecule has 122 valence electrons. The minimum absolute atomic E-state index is 0.313. The molecule has 1 aromatic heterocycles. The highest BCUT2D eigenvalue weighted by atomic mass is 79.9. The number of benzene rings is 1. The van der Waals surface area contributed by atoms with Gasteiger partial charge in [-0.2, -0.15) is 0 Å². The number of halogens is 1. The number of hydrogen-bond acceptors (Lipinski definition) is 6. The van der Waals surface area contributed by atoms with Gasteiger partial charge >= 0.3 is 0 Å². The lowest BCUT2D eigenvalue weighted by Gasteiger charge is -2.20. The number of hydrogen-bond donors (Lipinski definition) is 1. The van der Waals surface area contributed by atoms with E-state index in [1.165, 1.54) is 0 Å². The third kappa shape index (κ3) is 3.85. The fourth-order valence-electron chi connectivity index (χ4n) is 2.66. The fourth-order valence-corrected chi connectivity index (χ4v) is 2.86. The number of nitrogens with one attached hydrogen (secondary N) is 1. The van der Waals surface area contributed by atoms with Crippen LogP contribution >= 0.6 is 15.9 Å². The van der Waals surface area contributed by atoms with Crippen LogP contribution < -0.4 is 19.7 Å². The molecular formula is C16H19BrN4O2. The molecule has 0 amide bonds. The Hall–Kier alpha value is -2.02. The highest BCUT2D eigenvalue weighted by Crippen LogP contribution is 2.30. The maximum absolute atomic E-state index is 5.34. The number of methoxy groups -OCH3 is 2. The van der Waals surface area contributed by atoms with Crippen molar-refractivity contribution in [1.29, 1.82) is 0 Å². The van der Waals surface area contributed by atoms with Crippen molar-refractivity contribution in [2.75, 3.05) is 37.5 Å². The average molecular weight is 379 g/mol. The Bertz CT molecular complexity index is 643. The maximum atomic E-state index is 5.34. The van der Waals surface area contributed by atoms with Crippen molar-refractivity contribution in [3.8, 4) is 11.5 Å². The molecule has 0 saturated carbocycles. The first kappa shape index (κ1) is 15.9.